The number of carbonyl (C=O) groups excluding carboxylic acids is 1. The standard InChI is InChI=1S/2C25H20ClN3O6S.Ca/c2*1-14-10-17(13-21(22(14)26)36(32,33)34)28-29-23-19-9-4-3-6-15(19)11-20(24(23)30)25(31)27-16-7-5-8-18(12-16)35-2;/h2*3-13,30H,1-2H3,(H,27,31)(H,32,33,34);/q;;+2/p-2. The Labute approximate surface area is 457 Å². The predicted molar refractivity (Wildman–Crippen MR) is 275 cm³/mol. The van der Waals surface area contributed by atoms with Crippen LogP contribution in [0, 0.1) is 13.8 Å². The first-order valence-electron chi connectivity index (χ1n) is 20.9. The number of amides is 1. The first kappa shape index (κ1) is 55.6. The summed E-state index contributed by atoms with van der Waals surface area (Å²) >= 11 is 12.0. The number of azo groups is 2. The van der Waals surface area contributed by atoms with E-state index in [4.69, 9.17) is 32.7 Å². The maximum absolute atomic E-state index is 13.3. The molecule has 0 fully saturated rings. The molecule has 0 radical (unpaired) electrons. The predicted octanol–water partition coefficient (Wildman–Crippen LogP) is 11.0. The number of nitrogens with one attached hydrogen (secondary N) is 1. The number of hydrogen-bond donors (Lipinski definition) is 4. The van der Waals surface area contributed by atoms with Gasteiger partial charge in [-0.1, -0.05) is 89.6 Å². The van der Waals surface area contributed by atoms with Gasteiger partial charge in [-0.15, -0.1) is 5.11 Å². The van der Waals surface area contributed by atoms with Crippen molar-refractivity contribution in [2.24, 2.45) is 25.4 Å². The van der Waals surface area contributed by atoms with Gasteiger partial charge in [-0.05, 0) is 108 Å². The summed E-state index contributed by atoms with van der Waals surface area (Å²) in [7, 11) is -6.23. The van der Waals surface area contributed by atoms with Crippen LogP contribution < -0.4 is 25.0 Å². The number of anilines is 1. The topological polar surface area (TPSA) is 284 Å². The van der Waals surface area contributed by atoms with Gasteiger partial charge in [-0.25, -0.2) is 0 Å². The third-order valence-electron chi connectivity index (χ3n) is 10.6. The van der Waals surface area contributed by atoms with Gasteiger partial charge in [0.25, 0.3) is 26.1 Å². The zero-order valence-electron chi connectivity index (χ0n) is 38.7. The molecule has 8 aromatic rings. The van der Waals surface area contributed by atoms with Crippen molar-refractivity contribution in [3.05, 3.63) is 166 Å². The molecular formula is C50H38CaCl2N6O12S2. The minimum atomic E-state index is -4.62. The van der Waals surface area contributed by atoms with Crippen LogP contribution in [0.1, 0.15) is 27.0 Å². The van der Waals surface area contributed by atoms with Crippen molar-refractivity contribution in [3.8, 4) is 23.0 Å². The Morgan fingerprint density at radius 3 is 1.62 bits per heavy atom. The van der Waals surface area contributed by atoms with Gasteiger partial charge in [0.15, 0.2) is 5.75 Å². The van der Waals surface area contributed by atoms with E-state index in [1.54, 1.807) is 104 Å². The first-order chi connectivity index (χ1) is 34.2. The molecule has 0 heterocycles. The fourth-order valence-electron chi connectivity index (χ4n) is 7.06. The maximum Gasteiger partial charge on any atom is 2.00 e. The fourth-order valence-corrected chi connectivity index (χ4v) is 9.18. The first-order valence-corrected chi connectivity index (χ1v) is 24.5. The third kappa shape index (κ3) is 13.1. The van der Waals surface area contributed by atoms with Crippen molar-refractivity contribution in [1.82, 2.24) is 0 Å². The van der Waals surface area contributed by atoms with Gasteiger partial charge in [0.2, 0.25) is 0 Å². The van der Waals surface area contributed by atoms with E-state index in [9.17, 15) is 46.1 Å². The van der Waals surface area contributed by atoms with Crippen LogP contribution in [0.5, 0.6) is 23.0 Å². The van der Waals surface area contributed by atoms with Gasteiger partial charge in [-0.3, -0.25) is 18.9 Å². The van der Waals surface area contributed by atoms with Crippen molar-refractivity contribution in [2.45, 2.75) is 23.6 Å². The summed E-state index contributed by atoms with van der Waals surface area (Å²) in [6, 6.07) is 35.0. The molecule has 0 saturated heterocycles. The third-order valence-corrected chi connectivity index (χ3v) is 13.5. The summed E-state index contributed by atoms with van der Waals surface area (Å²) in [6.45, 7) is 3.08. The average molecular weight is 1090 g/mol. The molecule has 0 aliphatic rings. The number of fused-ring (bicyclic) bond motifs is 2. The van der Waals surface area contributed by atoms with Gasteiger partial charge >= 0.3 is 37.7 Å². The van der Waals surface area contributed by atoms with Crippen LogP contribution >= 0.6 is 23.2 Å². The summed E-state index contributed by atoms with van der Waals surface area (Å²) < 4.78 is 75.9. The minimum absolute atomic E-state index is 0. The molecule has 368 valence electrons. The molecule has 0 bridgehead atoms. The van der Waals surface area contributed by atoms with Crippen LogP contribution in [-0.4, -0.2) is 94.8 Å². The van der Waals surface area contributed by atoms with Crippen LogP contribution in [0.25, 0.3) is 21.5 Å². The number of nitrogens with zero attached hydrogens (tertiary/aromatic N) is 5. The number of methoxy groups -OCH3 is 2. The van der Waals surface area contributed by atoms with Gasteiger partial charge < -0.3 is 30.1 Å². The number of hydrogen-bond acceptors (Lipinski definition) is 15. The number of carbonyl (C=O) groups is 1. The Balaban J connectivity index is 0.000000235. The number of aryl methyl sites for hydroxylation is 2. The van der Waals surface area contributed by atoms with Crippen molar-refractivity contribution in [2.75, 3.05) is 19.5 Å². The summed E-state index contributed by atoms with van der Waals surface area (Å²) in [5, 5.41) is 58.0. The zero-order valence-corrected chi connectivity index (χ0v) is 44.1. The summed E-state index contributed by atoms with van der Waals surface area (Å²) in [6.07, 6.45) is 0. The van der Waals surface area contributed by atoms with Crippen LogP contribution in [0.2, 0.25) is 10.0 Å². The molecule has 4 N–H and O–H groups in total. The van der Waals surface area contributed by atoms with Crippen molar-refractivity contribution in [1.29, 1.82) is 0 Å². The molecule has 0 unspecified atom stereocenters. The molecule has 0 atom stereocenters. The number of aromatic hydroxyl groups is 1. The molecule has 23 heteroatoms. The zero-order chi connectivity index (χ0) is 52.1. The molecule has 0 aromatic heterocycles. The smallest absolute Gasteiger partial charge is 0.871 e. The monoisotopic (exact) mass is 1090 g/mol. The molecular weight excluding hydrogens is 1050 g/mol. The Kier molecular flexibility index (Phi) is 17.8. The van der Waals surface area contributed by atoms with Crippen molar-refractivity contribution in [3.63, 3.8) is 0 Å². The second kappa shape index (κ2) is 23.4. The summed E-state index contributed by atoms with van der Waals surface area (Å²) in [4.78, 5) is 16.0. The summed E-state index contributed by atoms with van der Waals surface area (Å²) in [5.41, 5.74) is 1.17. The second-order valence-corrected chi connectivity index (χ2v) is 19.0. The second-order valence-electron chi connectivity index (χ2n) is 15.5. The Bertz CT molecular complexity index is 3790. The number of phenols is 1. The number of ether oxygens (including phenoxy) is 2. The van der Waals surface area contributed by atoms with Gasteiger partial charge in [0.05, 0.1) is 52.6 Å². The largest absolute Gasteiger partial charge is 2.00 e. The molecule has 0 aliphatic heterocycles. The van der Waals surface area contributed by atoms with Crippen LogP contribution in [0.15, 0.2) is 169 Å². The minimum Gasteiger partial charge on any atom is -0.871 e. The van der Waals surface area contributed by atoms with Gasteiger partial charge in [-0.2, -0.15) is 32.2 Å². The molecule has 1 amide bonds. The van der Waals surface area contributed by atoms with E-state index < -0.39 is 53.3 Å². The van der Waals surface area contributed by atoms with Crippen molar-refractivity contribution >= 4 is 149 Å². The summed E-state index contributed by atoms with van der Waals surface area (Å²) in [5.74, 6) is -1.42. The number of halogens is 2. The quantitative estimate of drug-likeness (QED) is 0.0292. The Morgan fingerprint density at radius 1 is 0.603 bits per heavy atom. The van der Waals surface area contributed by atoms with Gasteiger partial charge in [0, 0.05) is 28.6 Å². The number of benzene rings is 8. The maximum atomic E-state index is 13.3. The van der Waals surface area contributed by atoms with E-state index >= 15 is 0 Å². The molecule has 8 aromatic carbocycles. The number of rotatable bonds is 12. The Morgan fingerprint density at radius 2 is 1.08 bits per heavy atom. The molecule has 0 aliphatic carbocycles. The average Bonchev–Trinajstić information content (AvgIpc) is 3.34. The van der Waals surface area contributed by atoms with Crippen LogP contribution in [0.4, 0.5) is 34.1 Å². The molecule has 73 heavy (non-hydrogen) atoms. The van der Waals surface area contributed by atoms with Gasteiger partial charge in [0.1, 0.15) is 27.0 Å². The molecule has 8 rings (SSSR count). The van der Waals surface area contributed by atoms with E-state index in [1.165, 1.54) is 45.4 Å². The van der Waals surface area contributed by atoms with E-state index in [1.807, 2.05) is 0 Å². The Hall–Kier alpha value is -6.72. The number of aliphatic imine (C=N–C) groups is 1. The molecule has 0 spiro atoms. The van der Waals surface area contributed by atoms with E-state index in [-0.39, 0.29) is 81.7 Å². The normalized spacial score (nSPS) is 11.9. The fraction of sp³-hybridized carbons (Fsp3) is 0.0800. The molecule has 18 nitrogen and oxygen atoms in total. The SMILES string of the molecule is COc1cccc(N=C([O-])c2cc3ccccc3c(N=Nc3cc(C)c(Cl)c(S(=O)(=O)O)c3)c2[O-])c1.COc1cccc(NC(=O)c2cc3ccccc3c(N=Nc3cc(C)c(Cl)c(S(=O)(=O)O)c3)c2O)c1.[Ca+2]. The molecule has 0 saturated carbocycles. The van der Waals surface area contributed by atoms with Crippen molar-refractivity contribution < 1.29 is 55.5 Å². The van der Waals surface area contributed by atoms with Crippen LogP contribution in [0.3, 0.4) is 0 Å². The van der Waals surface area contributed by atoms with E-state index in [0.29, 0.717) is 55.5 Å². The van der Waals surface area contributed by atoms with E-state index in [2.05, 4.69) is 30.8 Å². The van der Waals surface area contributed by atoms with E-state index in [0.717, 1.165) is 12.1 Å². The number of phenolic OH excluding ortho intramolecular Hbond substituents is 1. The van der Waals surface area contributed by atoms with Crippen LogP contribution in [-0.2, 0) is 20.2 Å².